The molecule has 1 saturated heterocycles. The number of amides is 3. The van der Waals surface area contributed by atoms with Gasteiger partial charge >= 0.3 is 6.03 Å². The van der Waals surface area contributed by atoms with Crippen LogP contribution in [0.4, 0.5) is 45.0 Å². The summed E-state index contributed by atoms with van der Waals surface area (Å²) in [5.74, 6) is 0.792. The summed E-state index contributed by atoms with van der Waals surface area (Å²) in [4.78, 5) is 44.2. The molecule has 3 amide bonds. The number of nitrogens with zero attached hydrogens (tertiary/aromatic N) is 5. The van der Waals surface area contributed by atoms with Crippen LogP contribution < -0.4 is 21.3 Å². The minimum atomic E-state index is -0.232. The third kappa shape index (κ3) is 6.82. The first-order valence-electron chi connectivity index (χ1n) is 13.9. The summed E-state index contributed by atoms with van der Waals surface area (Å²) in [5.41, 5.74) is 5.30. The molecule has 2 aromatic heterocycles. The van der Waals surface area contributed by atoms with E-state index in [-0.39, 0.29) is 17.9 Å². The van der Waals surface area contributed by atoms with Crippen LogP contribution in [0.2, 0.25) is 5.02 Å². The molecule has 2 aliphatic heterocycles. The van der Waals surface area contributed by atoms with E-state index in [1.54, 1.807) is 35.4 Å². The molecule has 0 unspecified atom stereocenters. The van der Waals surface area contributed by atoms with Gasteiger partial charge in [0.1, 0.15) is 5.02 Å². The number of urea groups is 1. The standard InChI is InChI=1S/C31H28ClN9O2/c1-33-22-3-2-4-23(14-22)38-31(43)41-10-9-20(18-41)12-28(42)39-27-8-7-24-13-21(27)6-5-19-11-25(16-34-15-19)37-30-35-17-26(32)29(36-24)40-30/h2-4,7-8,11,13-17,20H,5-6,9-10,12,18H2,(H,38,43)(H,39,42)(H2,35,36,37,40)/t20-/m1/s1. The van der Waals surface area contributed by atoms with Crippen LogP contribution in [0.5, 0.6) is 0 Å². The van der Waals surface area contributed by atoms with E-state index in [1.165, 1.54) is 6.20 Å². The Hall–Kier alpha value is -5.21. The van der Waals surface area contributed by atoms with Crippen molar-refractivity contribution in [3.05, 3.63) is 94.7 Å². The highest BCUT2D eigenvalue weighted by Gasteiger charge is 2.28. The number of halogens is 1. The first-order chi connectivity index (χ1) is 20.9. The molecule has 4 N–H and O–H groups in total. The Bertz CT molecular complexity index is 1740. The topological polar surface area (TPSA) is 129 Å². The molecule has 43 heavy (non-hydrogen) atoms. The molecule has 0 aliphatic carbocycles. The Morgan fingerprint density at radius 2 is 1.95 bits per heavy atom. The number of pyridine rings is 1. The third-order valence-electron chi connectivity index (χ3n) is 7.39. The average Bonchev–Trinajstić information content (AvgIpc) is 3.47. The van der Waals surface area contributed by atoms with Crippen LogP contribution in [-0.4, -0.2) is 44.9 Å². The lowest BCUT2D eigenvalue weighted by Crippen LogP contribution is -2.33. The summed E-state index contributed by atoms with van der Waals surface area (Å²) >= 11 is 6.37. The molecule has 1 atom stereocenters. The average molecular weight is 594 g/mol. The van der Waals surface area contributed by atoms with Gasteiger partial charge in [0, 0.05) is 42.8 Å². The fraction of sp³-hybridized carbons (Fsp3) is 0.226. The lowest BCUT2D eigenvalue weighted by atomic mass is 10.0. The smallest absolute Gasteiger partial charge is 0.321 e. The van der Waals surface area contributed by atoms with Crippen LogP contribution >= 0.6 is 11.6 Å². The Balaban J connectivity index is 1.13. The Morgan fingerprint density at radius 1 is 1.05 bits per heavy atom. The lowest BCUT2D eigenvalue weighted by Gasteiger charge is -2.18. The highest BCUT2D eigenvalue weighted by molar-refractivity contribution is 6.32. The van der Waals surface area contributed by atoms with Crippen LogP contribution in [0.15, 0.2) is 67.1 Å². The monoisotopic (exact) mass is 593 g/mol. The summed E-state index contributed by atoms with van der Waals surface area (Å²) in [6, 6.07) is 14.3. The zero-order valence-electron chi connectivity index (χ0n) is 23.1. The number of aromatic nitrogens is 3. The second-order valence-electron chi connectivity index (χ2n) is 10.5. The van der Waals surface area contributed by atoms with E-state index < -0.39 is 0 Å². The van der Waals surface area contributed by atoms with Crippen molar-refractivity contribution in [3.63, 3.8) is 0 Å². The van der Waals surface area contributed by atoms with Gasteiger partial charge in [-0.2, -0.15) is 4.98 Å². The number of benzene rings is 2. The van der Waals surface area contributed by atoms with E-state index in [1.807, 2.05) is 30.5 Å². The van der Waals surface area contributed by atoms with Gasteiger partial charge in [0.2, 0.25) is 11.9 Å². The van der Waals surface area contributed by atoms with Gasteiger partial charge in [-0.25, -0.2) is 14.6 Å². The van der Waals surface area contributed by atoms with Crippen molar-refractivity contribution < 1.29 is 9.59 Å². The maximum atomic E-state index is 13.2. The molecule has 12 heteroatoms. The van der Waals surface area contributed by atoms with Gasteiger partial charge in [0.15, 0.2) is 11.5 Å². The summed E-state index contributed by atoms with van der Waals surface area (Å²) in [5, 5.41) is 12.8. The van der Waals surface area contributed by atoms with Crippen LogP contribution in [-0.2, 0) is 17.6 Å². The number of likely N-dealkylation sites (tertiary alicyclic amines) is 1. The van der Waals surface area contributed by atoms with Gasteiger partial charge in [-0.3, -0.25) is 9.78 Å². The van der Waals surface area contributed by atoms with Gasteiger partial charge in [0.25, 0.3) is 0 Å². The fourth-order valence-electron chi connectivity index (χ4n) is 5.26. The highest BCUT2D eigenvalue weighted by Crippen LogP contribution is 2.30. The molecule has 1 fully saturated rings. The van der Waals surface area contributed by atoms with Crippen LogP contribution in [0, 0.1) is 12.5 Å². The second kappa shape index (κ2) is 12.3. The van der Waals surface area contributed by atoms with E-state index in [0.717, 1.165) is 34.6 Å². The maximum Gasteiger partial charge on any atom is 0.321 e. The molecule has 6 bridgehead atoms. The largest absolute Gasteiger partial charge is 0.339 e. The van der Waals surface area contributed by atoms with Gasteiger partial charge in [-0.05, 0) is 72.7 Å². The lowest BCUT2D eigenvalue weighted by molar-refractivity contribution is -0.117. The first kappa shape index (κ1) is 27.9. The number of carbonyl (C=O) groups excluding carboxylic acids is 2. The predicted molar refractivity (Wildman–Crippen MR) is 166 cm³/mol. The summed E-state index contributed by atoms with van der Waals surface area (Å²) < 4.78 is 0. The molecular formula is C31H28ClN9O2. The van der Waals surface area contributed by atoms with E-state index in [4.69, 9.17) is 18.2 Å². The van der Waals surface area contributed by atoms with Gasteiger partial charge in [-0.15, -0.1) is 0 Å². The molecule has 0 saturated carbocycles. The Labute approximate surface area is 253 Å². The summed E-state index contributed by atoms with van der Waals surface area (Å²) in [6.07, 6.45) is 7.47. The first-order valence-corrected chi connectivity index (χ1v) is 14.3. The summed E-state index contributed by atoms with van der Waals surface area (Å²) in [7, 11) is 0. The molecular weight excluding hydrogens is 566 g/mol. The van der Waals surface area contributed by atoms with Crippen LogP contribution in [0.3, 0.4) is 0 Å². The van der Waals surface area contributed by atoms with Crippen molar-refractivity contribution in [1.82, 2.24) is 19.9 Å². The van der Waals surface area contributed by atoms with Gasteiger partial charge in [0.05, 0.1) is 24.7 Å². The van der Waals surface area contributed by atoms with E-state index >= 15 is 0 Å². The minimum absolute atomic E-state index is 0.0433. The van der Waals surface area contributed by atoms with Gasteiger partial charge < -0.3 is 26.2 Å². The van der Waals surface area contributed by atoms with Crippen molar-refractivity contribution in [1.29, 1.82) is 0 Å². The van der Waals surface area contributed by atoms with Crippen molar-refractivity contribution in [2.75, 3.05) is 34.4 Å². The number of anilines is 6. The molecule has 2 aromatic carbocycles. The number of hydrogen-bond acceptors (Lipinski definition) is 7. The Morgan fingerprint density at radius 3 is 2.84 bits per heavy atom. The number of hydrogen-bond donors (Lipinski definition) is 4. The molecule has 6 rings (SSSR count). The molecule has 0 radical (unpaired) electrons. The number of fused-ring (bicyclic) bond motifs is 6. The molecule has 0 spiro atoms. The van der Waals surface area contributed by atoms with Crippen molar-refractivity contribution in [3.8, 4) is 0 Å². The van der Waals surface area contributed by atoms with Gasteiger partial charge in [-0.1, -0.05) is 23.7 Å². The SMILES string of the molecule is [C-]#[N+]c1cccc(NC(=O)N2CC[C@H](CC(=O)Nc3ccc4cc3CCc3cncc(c3)Nc3ncc(Cl)c(n3)N4)C2)c1. The second-order valence-corrected chi connectivity index (χ2v) is 10.9. The normalized spacial score (nSPS) is 15.4. The van der Waals surface area contributed by atoms with E-state index in [2.05, 4.69) is 41.1 Å². The summed E-state index contributed by atoms with van der Waals surface area (Å²) in [6.45, 7) is 8.20. The molecule has 4 aromatic rings. The van der Waals surface area contributed by atoms with E-state index in [9.17, 15) is 9.59 Å². The zero-order chi connectivity index (χ0) is 29.8. The van der Waals surface area contributed by atoms with Crippen LogP contribution in [0.25, 0.3) is 4.85 Å². The number of carbonyl (C=O) groups is 2. The van der Waals surface area contributed by atoms with Crippen molar-refractivity contribution in [2.45, 2.75) is 25.7 Å². The molecule has 4 heterocycles. The molecule has 216 valence electrons. The third-order valence-corrected chi connectivity index (χ3v) is 7.67. The van der Waals surface area contributed by atoms with Crippen molar-refractivity contribution in [2.24, 2.45) is 5.92 Å². The Kier molecular flexibility index (Phi) is 8.02. The minimum Gasteiger partial charge on any atom is -0.339 e. The van der Waals surface area contributed by atoms with Crippen LogP contribution in [0.1, 0.15) is 24.0 Å². The molecule has 2 aliphatic rings. The van der Waals surface area contributed by atoms with Crippen molar-refractivity contribution >= 4 is 63.7 Å². The number of aryl methyl sites for hydroxylation is 2. The predicted octanol–water partition coefficient (Wildman–Crippen LogP) is 6.54. The molecule has 11 nitrogen and oxygen atoms in total. The number of rotatable bonds is 4. The fourth-order valence-corrected chi connectivity index (χ4v) is 5.39. The number of nitrogens with one attached hydrogen (secondary N) is 4. The maximum absolute atomic E-state index is 13.2. The quantitative estimate of drug-likeness (QED) is 0.198. The highest BCUT2D eigenvalue weighted by atomic mass is 35.5. The zero-order valence-corrected chi connectivity index (χ0v) is 23.9. The van der Waals surface area contributed by atoms with E-state index in [0.29, 0.717) is 60.5 Å².